The molecular formula is C18H18BrF3N2O4S. The summed E-state index contributed by atoms with van der Waals surface area (Å²) < 4.78 is 71.7. The van der Waals surface area contributed by atoms with Crippen LogP contribution in [0.15, 0.2) is 27.6 Å². The van der Waals surface area contributed by atoms with Crippen LogP contribution in [0.5, 0.6) is 0 Å². The van der Waals surface area contributed by atoms with Gasteiger partial charge in [0.2, 0.25) is 5.91 Å². The maximum atomic E-state index is 13.4. The van der Waals surface area contributed by atoms with Crippen LogP contribution < -0.4 is 5.32 Å². The van der Waals surface area contributed by atoms with E-state index in [9.17, 15) is 26.4 Å². The second kappa shape index (κ2) is 7.56. The maximum absolute atomic E-state index is 13.4. The van der Waals surface area contributed by atoms with Crippen molar-refractivity contribution in [3.63, 3.8) is 0 Å². The molecule has 2 aliphatic carbocycles. The number of halogens is 4. The zero-order chi connectivity index (χ0) is 21.6. The third-order valence-electron chi connectivity index (χ3n) is 5.42. The Morgan fingerprint density at radius 1 is 1.34 bits per heavy atom. The van der Waals surface area contributed by atoms with Crippen molar-refractivity contribution in [2.75, 3.05) is 7.11 Å². The predicted octanol–water partition coefficient (Wildman–Crippen LogP) is 3.21. The number of nitrogens with zero attached hydrogens (tertiary/aromatic N) is 1. The van der Waals surface area contributed by atoms with Gasteiger partial charge in [0.25, 0.3) is 0 Å². The van der Waals surface area contributed by atoms with E-state index in [1.165, 1.54) is 13.2 Å². The van der Waals surface area contributed by atoms with Crippen LogP contribution in [-0.4, -0.2) is 38.3 Å². The lowest BCUT2D eigenvalue weighted by Gasteiger charge is -2.19. The number of carbonyl (C=O) groups excluding carboxylic acids is 1. The Balaban J connectivity index is 1.89. The average Bonchev–Trinajstić information content (AvgIpc) is 3.27. The van der Waals surface area contributed by atoms with Crippen LogP contribution >= 0.6 is 15.9 Å². The zero-order valence-electron chi connectivity index (χ0n) is 15.3. The monoisotopic (exact) mass is 494 g/mol. The highest BCUT2D eigenvalue weighted by molar-refractivity contribution is 9.10. The smallest absolute Gasteiger partial charge is 0.381 e. The lowest BCUT2D eigenvalue weighted by molar-refractivity contribution is -0.140. The summed E-state index contributed by atoms with van der Waals surface area (Å²) in [5.41, 5.74) is -2.18. The number of hydrogen-bond donors (Lipinski definition) is 1. The van der Waals surface area contributed by atoms with Crippen LogP contribution in [0, 0.1) is 17.2 Å². The molecule has 0 radical (unpaired) electrons. The normalized spacial score (nSPS) is 26.0. The predicted molar refractivity (Wildman–Crippen MR) is 99.4 cm³/mol. The Morgan fingerprint density at radius 2 is 2.00 bits per heavy atom. The van der Waals surface area contributed by atoms with Gasteiger partial charge in [-0.1, -0.05) is 15.9 Å². The molecule has 29 heavy (non-hydrogen) atoms. The van der Waals surface area contributed by atoms with E-state index >= 15 is 0 Å². The van der Waals surface area contributed by atoms with Crippen molar-refractivity contribution >= 4 is 31.7 Å². The summed E-state index contributed by atoms with van der Waals surface area (Å²) in [6.07, 6.45) is -4.89. The fourth-order valence-electron chi connectivity index (χ4n) is 3.61. The lowest BCUT2D eigenvalue weighted by atomic mass is 10.0. The molecule has 3 atom stereocenters. The molecule has 0 spiro atoms. The van der Waals surface area contributed by atoms with Crippen LogP contribution in [0.2, 0.25) is 0 Å². The molecule has 0 aromatic heterocycles. The fourth-order valence-corrected chi connectivity index (χ4v) is 5.98. The van der Waals surface area contributed by atoms with E-state index in [-0.39, 0.29) is 17.3 Å². The standard InChI is InChI=1S/C18H18BrF3N2O4S/c1-28-14-8-11(7-12(14)16(25)24-17(9-23)4-5-17)29(26,27)15-3-2-10(19)6-13(15)18(20,21)22/h2-3,6,11-12,14H,4-5,7-8H2,1H3,(H,24,25)/t11-,12-,14?/m1/s1. The molecule has 11 heteroatoms. The van der Waals surface area contributed by atoms with Gasteiger partial charge in [-0.3, -0.25) is 4.79 Å². The van der Waals surface area contributed by atoms with Crippen molar-refractivity contribution in [1.29, 1.82) is 5.26 Å². The summed E-state index contributed by atoms with van der Waals surface area (Å²) in [4.78, 5) is 11.8. The molecule has 158 valence electrons. The van der Waals surface area contributed by atoms with Crippen LogP contribution in [0.1, 0.15) is 31.2 Å². The molecular weight excluding hydrogens is 477 g/mol. The van der Waals surface area contributed by atoms with Gasteiger partial charge in [-0.2, -0.15) is 18.4 Å². The number of alkyl halides is 3. The highest BCUT2D eigenvalue weighted by atomic mass is 79.9. The minimum absolute atomic E-state index is 0.105. The molecule has 2 fully saturated rings. The van der Waals surface area contributed by atoms with Crippen molar-refractivity contribution < 1.29 is 31.1 Å². The van der Waals surface area contributed by atoms with E-state index in [1.807, 2.05) is 6.07 Å². The van der Waals surface area contributed by atoms with Crippen LogP contribution in [0.25, 0.3) is 0 Å². The SMILES string of the molecule is COC1C[C@H](S(=O)(=O)c2ccc(Br)cc2C(F)(F)F)C[C@H]1C(=O)NC1(C#N)CC1. The van der Waals surface area contributed by atoms with Crippen LogP contribution in [0.4, 0.5) is 13.2 Å². The first-order valence-electron chi connectivity index (χ1n) is 8.80. The number of nitrogens with one attached hydrogen (secondary N) is 1. The van der Waals surface area contributed by atoms with Crippen molar-refractivity contribution in [2.24, 2.45) is 5.92 Å². The number of hydrogen-bond acceptors (Lipinski definition) is 5. The number of sulfone groups is 1. The Labute approximate surface area is 174 Å². The van der Waals surface area contributed by atoms with E-state index in [4.69, 9.17) is 10.00 Å². The molecule has 1 aromatic rings. The second-order valence-corrected chi connectivity index (χ2v) is 10.5. The molecule has 1 unspecified atom stereocenters. The molecule has 0 bridgehead atoms. The van der Waals surface area contributed by atoms with E-state index < -0.39 is 55.2 Å². The number of ether oxygens (including phenoxy) is 1. The first kappa shape index (κ1) is 22.1. The zero-order valence-corrected chi connectivity index (χ0v) is 17.7. The van der Waals surface area contributed by atoms with E-state index in [0.717, 1.165) is 12.1 Å². The summed E-state index contributed by atoms with van der Waals surface area (Å²) in [5, 5.41) is 10.5. The Kier molecular flexibility index (Phi) is 5.75. The van der Waals surface area contributed by atoms with Crippen LogP contribution in [-0.2, 0) is 25.5 Å². The van der Waals surface area contributed by atoms with E-state index in [0.29, 0.717) is 12.8 Å². The van der Waals surface area contributed by atoms with E-state index in [1.54, 1.807) is 0 Å². The molecule has 1 aromatic carbocycles. The molecule has 2 aliphatic rings. The molecule has 6 nitrogen and oxygen atoms in total. The average molecular weight is 495 g/mol. The minimum Gasteiger partial charge on any atom is -0.381 e. The third kappa shape index (κ3) is 4.29. The summed E-state index contributed by atoms with van der Waals surface area (Å²) in [5.74, 6) is -1.38. The van der Waals surface area contributed by atoms with Gasteiger partial charge in [0, 0.05) is 11.6 Å². The molecule has 1 amide bonds. The summed E-state index contributed by atoms with van der Waals surface area (Å²) >= 11 is 2.93. The largest absolute Gasteiger partial charge is 0.417 e. The fraction of sp³-hybridized carbons (Fsp3) is 0.556. The van der Waals surface area contributed by atoms with Gasteiger partial charge in [-0.15, -0.1) is 0 Å². The number of nitriles is 1. The van der Waals surface area contributed by atoms with Crippen molar-refractivity contribution in [2.45, 2.75) is 53.6 Å². The number of rotatable bonds is 5. The third-order valence-corrected chi connectivity index (χ3v) is 8.14. The van der Waals surface area contributed by atoms with Gasteiger partial charge in [-0.05, 0) is 43.9 Å². The highest BCUT2D eigenvalue weighted by Gasteiger charge is 2.51. The van der Waals surface area contributed by atoms with Gasteiger partial charge >= 0.3 is 6.18 Å². The van der Waals surface area contributed by atoms with Crippen LogP contribution in [0.3, 0.4) is 0 Å². The first-order chi connectivity index (χ1) is 13.4. The molecule has 1 N–H and O–H groups in total. The molecule has 0 saturated heterocycles. The molecule has 0 aliphatic heterocycles. The van der Waals surface area contributed by atoms with Gasteiger partial charge in [0.05, 0.1) is 33.8 Å². The Morgan fingerprint density at radius 3 is 2.52 bits per heavy atom. The Hall–Kier alpha value is -1.64. The first-order valence-corrected chi connectivity index (χ1v) is 11.1. The topological polar surface area (TPSA) is 96.3 Å². The summed E-state index contributed by atoms with van der Waals surface area (Å²) in [6.45, 7) is 0. The van der Waals surface area contributed by atoms with Gasteiger partial charge in [-0.25, -0.2) is 8.42 Å². The minimum atomic E-state index is -4.85. The van der Waals surface area contributed by atoms with Crippen molar-refractivity contribution in [1.82, 2.24) is 5.32 Å². The van der Waals surface area contributed by atoms with Gasteiger partial charge in [0.15, 0.2) is 9.84 Å². The molecule has 2 saturated carbocycles. The number of methoxy groups -OCH3 is 1. The lowest BCUT2D eigenvalue weighted by Crippen LogP contribution is -2.42. The highest BCUT2D eigenvalue weighted by Crippen LogP contribution is 2.42. The summed E-state index contributed by atoms with van der Waals surface area (Å²) in [7, 11) is -3.06. The number of amides is 1. The molecule has 3 rings (SSSR count). The van der Waals surface area contributed by atoms with Crippen molar-refractivity contribution in [3.8, 4) is 6.07 Å². The second-order valence-electron chi connectivity index (χ2n) is 7.34. The summed E-state index contributed by atoms with van der Waals surface area (Å²) in [6, 6.07) is 4.90. The van der Waals surface area contributed by atoms with Gasteiger partial charge < -0.3 is 10.1 Å². The van der Waals surface area contributed by atoms with E-state index in [2.05, 4.69) is 21.2 Å². The van der Waals surface area contributed by atoms with Crippen molar-refractivity contribution in [3.05, 3.63) is 28.2 Å². The van der Waals surface area contributed by atoms with Gasteiger partial charge in [0.1, 0.15) is 5.54 Å². The Bertz CT molecular complexity index is 970. The number of benzene rings is 1. The number of carbonyl (C=O) groups is 1. The maximum Gasteiger partial charge on any atom is 0.417 e. The quantitative estimate of drug-likeness (QED) is 0.677. The molecule has 0 heterocycles.